The largest absolute Gasteiger partial charge is 0.321 e. The molecule has 1 heterocycles. The number of aromatic nitrogens is 1. The Kier molecular flexibility index (Phi) is 8.69. The third-order valence-electron chi connectivity index (χ3n) is 5.42. The number of hydrogen-bond acceptors (Lipinski definition) is 2. The molecular formula is C25H36N2O. The van der Waals surface area contributed by atoms with Gasteiger partial charge in [-0.15, -0.1) is 0 Å². The maximum Gasteiger partial charge on any atom is 0.257 e. The zero-order valence-corrected chi connectivity index (χ0v) is 18.3. The predicted molar refractivity (Wildman–Crippen MR) is 119 cm³/mol. The van der Waals surface area contributed by atoms with Crippen molar-refractivity contribution in [2.24, 2.45) is 0 Å². The van der Waals surface area contributed by atoms with Crippen molar-refractivity contribution in [1.82, 2.24) is 4.98 Å². The van der Waals surface area contributed by atoms with Gasteiger partial charge < -0.3 is 5.32 Å². The summed E-state index contributed by atoms with van der Waals surface area (Å²) < 4.78 is 0. The number of benzene rings is 1. The molecule has 0 spiro atoms. The second-order valence-electron chi connectivity index (χ2n) is 7.66. The highest BCUT2D eigenvalue weighted by Crippen LogP contribution is 2.25. The molecule has 1 aromatic heterocycles. The summed E-state index contributed by atoms with van der Waals surface area (Å²) in [5.41, 5.74) is 7.05. The van der Waals surface area contributed by atoms with Crippen molar-refractivity contribution in [3.63, 3.8) is 0 Å². The monoisotopic (exact) mass is 380 g/mol. The molecule has 2 aromatic rings. The maximum absolute atomic E-state index is 13.3. The predicted octanol–water partition coefficient (Wildman–Crippen LogP) is 6.59. The molecule has 1 N–H and O–H groups in total. The molecule has 0 aliphatic heterocycles. The number of nitrogens with zero attached hydrogens (tertiary/aromatic N) is 1. The highest BCUT2D eigenvalue weighted by atomic mass is 16.1. The number of nitrogens with one attached hydrogen (secondary N) is 1. The molecule has 3 heteroatoms. The minimum atomic E-state index is -0.0239. The Morgan fingerprint density at radius 3 is 2.18 bits per heavy atom. The molecule has 28 heavy (non-hydrogen) atoms. The van der Waals surface area contributed by atoms with E-state index in [0.717, 1.165) is 53.9 Å². The second kappa shape index (κ2) is 11.0. The topological polar surface area (TPSA) is 42.0 Å². The van der Waals surface area contributed by atoms with E-state index in [4.69, 9.17) is 0 Å². The fourth-order valence-electron chi connectivity index (χ4n) is 3.91. The van der Waals surface area contributed by atoms with Crippen LogP contribution in [0.3, 0.4) is 0 Å². The highest BCUT2D eigenvalue weighted by Gasteiger charge is 2.18. The summed E-state index contributed by atoms with van der Waals surface area (Å²) in [4.78, 5) is 17.9. The van der Waals surface area contributed by atoms with Crippen molar-refractivity contribution >= 4 is 11.6 Å². The van der Waals surface area contributed by atoms with Crippen molar-refractivity contribution < 1.29 is 4.79 Å². The quantitative estimate of drug-likeness (QED) is 0.472. The van der Waals surface area contributed by atoms with Crippen LogP contribution in [0, 0.1) is 13.8 Å². The number of amides is 1. The molecule has 1 aromatic carbocycles. The van der Waals surface area contributed by atoms with Gasteiger partial charge in [-0.05, 0) is 62.3 Å². The standard InChI is InChI=1S/C25H36N2O/c1-6-9-10-11-12-14-22-17-18(4)26-19(5)23(22)25(28)27-24-20(7-2)15-13-16-21(24)8-3/h13,15-17H,6-12,14H2,1-5H3,(H,27,28). The average molecular weight is 381 g/mol. The van der Waals surface area contributed by atoms with Crippen LogP contribution in [0.2, 0.25) is 0 Å². The normalized spacial score (nSPS) is 10.9. The molecule has 0 unspecified atom stereocenters. The van der Waals surface area contributed by atoms with Crippen molar-refractivity contribution in [3.8, 4) is 0 Å². The first-order valence-electron chi connectivity index (χ1n) is 10.9. The summed E-state index contributed by atoms with van der Waals surface area (Å²) >= 11 is 0. The van der Waals surface area contributed by atoms with Crippen LogP contribution in [0.25, 0.3) is 0 Å². The van der Waals surface area contributed by atoms with Crippen LogP contribution in [0.1, 0.15) is 91.3 Å². The van der Waals surface area contributed by atoms with Crippen LogP contribution in [0.4, 0.5) is 5.69 Å². The lowest BCUT2D eigenvalue weighted by Crippen LogP contribution is -2.19. The van der Waals surface area contributed by atoms with Gasteiger partial charge in [-0.2, -0.15) is 0 Å². The molecule has 0 aliphatic carbocycles. The minimum absolute atomic E-state index is 0.0239. The lowest BCUT2D eigenvalue weighted by molar-refractivity contribution is 0.102. The van der Waals surface area contributed by atoms with E-state index in [1.807, 2.05) is 13.8 Å². The van der Waals surface area contributed by atoms with E-state index in [1.54, 1.807) is 0 Å². The Hall–Kier alpha value is -2.16. The van der Waals surface area contributed by atoms with Crippen LogP contribution in [0.5, 0.6) is 0 Å². The number of carbonyl (C=O) groups is 1. The first-order valence-corrected chi connectivity index (χ1v) is 10.9. The minimum Gasteiger partial charge on any atom is -0.321 e. The first-order chi connectivity index (χ1) is 13.5. The number of carbonyl (C=O) groups excluding carboxylic acids is 1. The van der Waals surface area contributed by atoms with E-state index >= 15 is 0 Å². The van der Waals surface area contributed by atoms with Gasteiger partial charge in [-0.1, -0.05) is 64.7 Å². The smallest absolute Gasteiger partial charge is 0.257 e. The Balaban J connectivity index is 2.28. The summed E-state index contributed by atoms with van der Waals surface area (Å²) in [6.45, 7) is 10.5. The zero-order valence-electron chi connectivity index (χ0n) is 18.3. The SMILES string of the molecule is CCCCCCCc1cc(C)nc(C)c1C(=O)Nc1c(CC)cccc1CC. The second-order valence-corrected chi connectivity index (χ2v) is 7.66. The molecular weight excluding hydrogens is 344 g/mol. The summed E-state index contributed by atoms with van der Waals surface area (Å²) in [5.74, 6) is -0.0239. The van der Waals surface area contributed by atoms with Crippen LogP contribution >= 0.6 is 0 Å². The van der Waals surface area contributed by atoms with E-state index in [2.05, 4.69) is 55.3 Å². The van der Waals surface area contributed by atoms with Gasteiger partial charge in [0.1, 0.15) is 0 Å². The van der Waals surface area contributed by atoms with Crippen molar-refractivity contribution in [2.45, 2.75) is 86.0 Å². The summed E-state index contributed by atoms with van der Waals surface area (Å²) in [7, 11) is 0. The lowest BCUT2D eigenvalue weighted by atomic mass is 9.97. The summed E-state index contributed by atoms with van der Waals surface area (Å²) in [6, 6.07) is 8.37. The van der Waals surface area contributed by atoms with Gasteiger partial charge >= 0.3 is 0 Å². The molecule has 3 nitrogen and oxygen atoms in total. The molecule has 0 radical (unpaired) electrons. The number of aryl methyl sites for hydroxylation is 5. The van der Waals surface area contributed by atoms with E-state index in [-0.39, 0.29) is 5.91 Å². The number of hydrogen-bond donors (Lipinski definition) is 1. The number of para-hydroxylation sites is 1. The number of anilines is 1. The van der Waals surface area contributed by atoms with Crippen molar-refractivity contribution in [1.29, 1.82) is 0 Å². The van der Waals surface area contributed by atoms with E-state index in [1.165, 1.54) is 36.8 Å². The highest BCUT2D eigenvalue weighted by molar-refractivity contribution is 6.06. The summed E-state index contributed by atoms with van der Waals surface area (Å²) in [6.07, 6.45) is 8.88. The van der Waals surface area contributed by atoms with Gasteiger partial charge in [0.05, 0.1) is 11.3 Å². The van der Waals surface area contributed by atoms with Gasteiger partial charge in [-0.25, -0.2) is 0 Å². The van der Waals surface area contributed by atoms with E-state index in [0.29, 0.717) is 0 Å². The van der Waals surface area contributed by atoms with Crippen LogP contribution in [-0.4, -0.2) is 10.9 Å². The van der Waals surface area contributed by atoms with Gasteiger partial charge in [0.2, 0.25) is 0 Å². The summed E-state index contributed by atoms with van der Waals surface area (Å²) in [5, 5.41) is 3.23. The van der Waals surface area contributed by atoms with Crippen molar-refractivity contribution in [3.05, 3.63) is 57.9 Å². The zero-order chi connectivity index (χ0) is 20.5. The van der Waals surface area contributed by atoms with Crippen LogP contribution in [0.15, 0.2) is 24.3 Å². The lowest BCUT2D eigenvalue weighted by Gasteiger charge is -2.17. The van der Waals surface area contributed by atoms with Crippen molar-refractivity contribution in [2.75, 3.05) is 5.32 Å². The van der Waals surface area contributed by atoms with E-state index in [9.17, 15) is 4.79 Å². The van der Waals surface area contributed by atoms with Gasteiger partial charge in [-0.3, -0.25) is 9.78 Å². The van der Waals surface area contributed by atoms with Gasteiger partial charge in [0.15, 0.2) is 0 Å². The third-order valence-corrected chi connectivity index (χ3v) is 5.42. The fourth-order valence-corrected chi connectivity index (χ4v) is 3.91. The molecule has 152 valence electrons. The van der Waals surface area contributed by atoms with Gasteiger partial charge in [0, 0.05) is 11.4 Å². The molecule has 0 bridgehead atoms. The van der Waals surface area contributed by atoms with E-state index < -0.39 is 0 Å². The molecule has 2 rings (SSSR count). The van der Waals surface area contributed by atoms with Crippen LogP contribution < -0.4 is 5.32 Å². The third kappa shape index (κ3) is 5.67. The molecule has 0 aliphatic rings. The Labute approximate surface area is 171 Å². The maximum atomic E-state index is 13.3. The average Bonchev–Trinajstić information content (AvgIpc) is 2.67. The Bertz CT molecular complexity index is 773. The van der Waals surface area contributed by atoms with Gasteiger partial charge in [0.25, 0.3) is 5.91 Å². The van der Waals surface area contributed by atoms with Crippen LogP contribution in [-0.2, 0) is 19.3 Å². The molecule has 0 atom stereocenters. The fraction of sp³-hybridized carbons (Fsp3) is 0.520. The number of pyridine rings is 1. The molecule has 0 saturated carbocycles. The number of unbranched alkanes of at least 4 members (excludes halogenated alkanes) is 4. The Morgan fingerprint density at radius 2 is 1.57 bits per heavy atom. The molecule has 0 saturated heterocycles. The first kappa shape index (κ1) is 22.1. The Morgan fingerprint density at radius 1 is 0.929 bits per heavy atom. The molecule has 1 amide bonds. The molecule has 0 fully saturated rings. The number of rotatable bonds is 10.